The summed E-state index contributed by atoms with van der Waals surface area (Å²) in [5.41, 5.74) is 0. The van der Waals surface area contributed by atoms with Gasteiger partial charge in [0.1, 0.15) is 9.21 Å². The molecule has 0 saturated carbocycles. The van der Waals surface area contributed by atoms with Gasteiger partial charge in [0.2, 0.25) is 0 Å². The van der Waals surface area contributed by atoms with Gasteiger partial charge in [-0.2, -0.15) is 5.10 Å². The van der Waals surface area contributed by atoms with Crippen molar-refractivity contribution in [1.82, 2.24) is 9.78 Å². The molecule has 0 aromatic carbocycles. The molecule has 0 spiro atoms. The molecule has 1 unspecified atom stereocenters. The fraction of sp³-hybridized carbons (Fsp3) is 0.571. The third kappa shape index (κ3) is 2.57. The van der Waals surface area contributed by atoms with Crippen molar-refractivity contribution in [3.8, 4) is 0 Å². The zero-order valence-electron chi connectivity index (χ0n) is 6.67. The van der Waals surface area contributed by atoms with Gasteiger partial charge >= 0.3 is 0 Å². The highest BCUT2D eigenvalue weighted by atomic mass is 79.9. The first-order chi connectivity index (χ1) is 5.63. The van der Waals surface area contributed by atoms with Crippen molar-refractivity contribution in [2.24, 2.45) is 0 Å². The molecule has 3 nitrogen and oxygen atoms in total. The Kier molecular flexibility index (Phi) is 3.74. The van der Waals surface area contributed by atoms with Crippen molar-refractivity contribution in [3.05, 3.63) is 15.3 Å². The standard InChI is InChI=1S/C7H10Br2N2O/c1-2-5(12)4-11-7(9)3-6(8)10-11/h3,5,12H,2,4H2,1H3. The quantitative estimate of drug-likeness (QED) is 0.929. The van der Waals surface area contributed by atoms with Crippen LogP contribution in [0.2, 0.25) is 0 Å². The third-order valence-corrected chi connectivity index (χ3v) is 2.58. The summed E-state index contributed by atoms with van der Waals surface area (Å²) in [7, 11) is 0. The van der Waals surface area contributed by atoms with Gasteiger partial charge in [0.05, 0.1) is 12.6 Å². The molecular weight excluding hydrogens is 288 g/mol. The molecule has 1 aromatic heterocycles. The number of aliphatic hydroxyl groups is 1. The lowest BCUT2D eigenvalue weighted by atomic mass is 10.3. The van der Waals surface area contributed by atoms with Crippen molar-refractivity contribution < 1.29 is 5.11 Å². The fourth-order valence-electron chi connectivity index (χ4n) is 0.821. The molecule has 1 atom stereocenters. The van der Waals surface area contributed by atoms with E-state index < -0.39 is 0 Å². The lowest BCUT2D eigenvalue weighted by Gasteiger charge is -2.07. The number of aromatic nitrogens is 2. The summed E-state index contributed by atoms with van der Waals surface area (Å²) in [5, 5.41) is 13.5. The number of hydrogen-bond donors (Lipinski definition) is 1. The second kappa shape index (κ2) is 4.39. The molecule has 0 fully saturated rings. The maximum Gasteiger partial charge on any atom is 0.129 e. The maximum absolute atomic E-state index is 9.35. The molecule has 0 bridgehead atoms. The highest BCUT2D eigenvalue weighted by Crippen LogP contribution is 2.16. The lowest BCUT2D eigenvalue weighted by molar-refractivity contribution is 0.144. The van der Waals surface area contributed by atoms with Gasteiger partial charge in [0.25, 0.3) is 0 Å². The number of halogens is 2. The third-order valence-electron chi connectivity index (χ3n) is 1.56. The van der Waals surface area contributed by atoms with Crippen molar-refractivity contribution in [1.29, 1.82) is 0 Å². The molecule has 12 heavy (non-hydrogen) atoms. The van der Waals surface area contributed by atoms with Gasteiger partial charge in [0.15, 0.2) is 0 Å². The molecule has 5 heteroatoms. The largest absolute Gasteiger partial charge is 0.391 e. The monoisotopic (exact) mass is 296 g/mol. The predicted octanol–water partition coefficient (Wildman–Crippen LogP) is 2.18. The molecule has 1 N–H and O–H groups in total. The van der Waals surface area contributed by atoms with E-state index in [1.807, 2.05) is 13.0 Å². The zero-order chi connectivity index (χ0) is 9.14. The Hall–Kier alpha value is 0.130. The minimum Gasteiger partial charge on any atom is -0.391 e. The number of hydrogen-bond acceptors (Lipinski definition) is 2. The van der Waals surface area contributed by atoms with Crippen molar-refractivity contribution in [3.63, 3.8) is 0 Å². The van der Waals surface area contributed by atoms with Crippen LogP contribution >= 0.6 is 31.9 Å². The first kappa shape index (κ1) is 10.2. The summed E-state index contributed by atoms with van der Waals surface area (Å²) in [5.74, 6) is 0. The Morgan fingerprint density at radius 1 is 1.67 bits per heavy atom. The summed E-state index contributed by atoms with van der Waals surface area (Å²) >= 11 is 6.59. The summed E-state index contributed by atoms with van der Waals surface area (Å²) in [4.78, 5) is 0. The molecule has 0 aliphatic heterocycles. The maximum atomic E-state index is 9.35. The summed E-state index contributed by atoms with van der Waals surface area (Å²) in [6.45, 7) is 2.47. The Bertz CT molecular complexity index is 262. The SMILES string of the molecule is CCC(O)Cn1nc(Br)cc1Br. The van der Waals surface area contributed by atoms with Crippen LogP contribution in [0.3, 0.4) is 0 Å². The van der Waals surface area contributed by atoms with E-state index in [1.54, 1.807) is 4.68 Å². The van der Waals surface area contributed by atoms with Crippen LogP contribution in [0.5, 0.6) is 0 Å². The van der Waals surface area contributed by atoms with E-state index >= 15 is 0 Å². The number of nitrogens with zero attached hydrogens (tertiary/aromatic N) is 2. The number of aliphatic hydroxyl groups excluding tert-OH is 1. The topological polar surface area (TPSA) is 38.0 Å². The van der Waals surface area contributed by atoms with Gasteiger partial charge in [-0.15, -0.1) is 0 Å². The van der Waals surface area contributed by atoms with Gasteiger partial charge in [-0.05, 0) is 38.3 Å². The van der Waals surface area contributed by atoms with Crippen LogP contribution in [0, 0.1) is 0 Å². The first-order valence-corrected chi connectivity index (χ1v) is 5.29. The van der Waals surface area contributed by atoms with Crippen LogP contribution in [0.4, 0.5) is 0 Å². The van der Waals surface area contributed by atoms with Crippen molar-refractivity contribution in [2.45, 2.75) is 26.0 Å². The van der Waals surface area contributed by atoms with Crippen molar-refractivity contribution in [2.75, 3.05) is 0 Å². The van der Waals surface area contributed by atoms with E-state index in [9.17, 15) is 5.11 Å². The second-order valence-corrected chi connectivity index (χ2v) is 4.16. The summed E-state index contributed by atoms with van der Waals surface area (Å²) in [6, 6.07) is 1.85. The molecule has 1 aromatic rings. The zero-order valence-corrected chi connectivity index (χ0v) is 9.84. The molecular formula is C7H10Br2N2O. The predicted molar refractivity (Wildman–Crippen MR) is 53.9 cm³/mol. The minimum absolute atomic E-state index is 0.326. The molecule has 0 saturated heterocycles. The van der Waals surface area contributed by atoms with E-state index in [1.165, 1.54) is 0 Å². The first-order valence-electron chi connectivity index (χ1n) is 3.70. The van der Waals surface area contributed by atoms with Crippen LogP contribution in [0.15, 0.2) is 15.3 Å². The van der Waals surface area contributed by atoms with Gasteiger partial charge in [-0.25, -0.2) is 0 Å². The van der Waals surface area contributed by atoms with Gasteiger partial charge < -0.3 is 5.11 Å². The smallest absolute Gasteiger partial charge is 0.129 e. The Balaban J connectivity index is 2.68. The lowest BCUT2D eigenvalue weighted by Crippen LogP contribution is -2.15. The molecule has 0 amide bonds. The fourth-order valence-corrected chi connectivity index (χ4v) is 1.98. The molecule has 1 heterocycles. The van der Waals surface area contributed by atoms with Crippen LogP contribution in [0.25, 0.3) is 0 Å². The van der Waals surface area contributed by atoms with E-state index in [0.717, 1.165) is 15.6 Å². The van der Waals surface area contributed by atoms with E-state index in [0.29, 0.717) is 6.54 Å². The van der Waals surface area contributed by atoms with Gasteiger partial charge in [-0.1, -0.05) is 6.92 Å². The summed E-state index contributed by atoms with van der Waals surface area (Å²) < 4.78 is 3.37. The Morgan fingerprint density at radius 2 is 2.33 bits per heavy atom. The number of rotatable bonds is 3. The van der Waals surface area contributed by atoms with Crippen molar-refractivity contribution >= 4 is 31.9 Å². The van der Waals surface area contributed by atoms with E-state index in [-0.39, 0.29) is 6.10 Å². The average Bonchev–Trinajstić information content (AvgIpc) is 2.30. The summed E-state index contributed by atoms with van der Waals surface area (Å²) in [6.07, 6.45) is 0.414. The molecule has 0 aliphatic carbocycles. The van der Waals surface area contributed by atoms with Gasteiger partial charge in [0, 0.05) is 6.07 Å². The Labute approximate surface area is 88.0 Å². The highest BCUT2D eigenvalue weighted by molar-refractivity contribution is 9.11. The molecule has 68 valence electrons. The van der Waals surface area contributed by atoms with Gasteiger partial charge in [-0.3, -0.25) is 4.68 Å². The molecule has 0 radical (unpaired) electrons. The van der Waals surface area contributed by atoms with E-state index in [4.69, 9.17) is 0 Å². The minimum atomic E-state index is -0.326. The average molecular weight is 298 g/mol. The van der Waals surface area contributed by atoms with Crippen LogP contribution in [-0.2, 0) is 6.54 Å². The van der Waals surface area contributed by atoms with E-state index in [2.05, 4.69) is 37.0 Å². The van der Waals surface area contributed by atoms with Crippen LogP contribution in [0.1, 0.15) is 13.3 Å². The van der Waals surface area contributed by atoms with Crippen LogP contribution in [-0.4, -0.2) is 21.0 Å². The molecule has 0 aliphatic rings. The highest BCUT2D eigenvalue weighted by Gasteiger charge is 2.07. The Morgan fingerprint density at radius 3 is 2.75 bits per heavy atom. The normalized spacial score (nSPS) is 13.3. The second-order valence-electron chi connectivity index (χ2n) is 2.53. The molecule has 1 rings (SSSR count). The van der Waals surface area contributed by atoms with Crippen LogP contribution < -0.4 is 0 Å².